The zero-order valence-electron chi connectivity index (χ0n) is 12.1. The number of methoxy groups -OCH3 is 1. The van der Waals surface area contributed by atoms with Crippen LogP contribution in [0, 0.1) is 5.92 Å². The molecule has 0 aliphatic rings. The predicted molar refractivity (Wildman–Crippen MR) is 75.3 cm³/mol. The number of carboxylic acid groups (broad SMARTS) is 1. The lowest BCUT2D eigenvalue weighted by Crippen LogP contribution is -2.40. The standard InChI is InChI=1S/C15H21NO4/c1-10(15(18)19)11(2)16-14(17)8-12-5-4-6-13(7-12)9-20-3/h4-7,10-11H,8-9H2,1-3H3,(H,16,17)(H,18,19). The number of aliphatic carboxylic acids is 1. The summed E-state index contributed by atoms with van der Waals surface area (Å²) in [6, 6.07) is 7.18. The van der Waals surface area contributed by atoms with Crippen molar-refractivity contribution in [2.45, 2.75) is 32.9 Å². The van der Waals surface area contributed by atoms with E-state index < -0.39 is 17.9 Å². The van der Waals surface area contributed by atoms with Crippen LogP contribution in [0.5, 0.6) is 0 Å². The molecule has 0 saturated heterocycles. The number of rotatable bonds is 7. The van der Waals surface area contributed by atoms with Crippen LogP contribution in [0.15, 0.2) is 24.3 Å². The van der Waals surface area contributed by atoms with E-state index in [2.05, 4.69) is 5.32 Å². The van der Waals surface area contributed by atoms with Gasteiger partial charge in [0.05, 0.1) is 18.9 Å². The number of hydrogen-bond donors (Lipinski definition) is 2. The third kappa shape index (κ3) is 5.01. The van der Waals surface area contributed by atoms with E-state index in [-0.39, 0.29) is 12.3 Å². The Kier molecular flexibility index (Phi) is 6.18. The van der Waals surface area contributed by atoms with Crippen LogP contribution in [0.3, 0.4) is 0 Å². The Morgan fingerprint density at radius 1 is 1.30 bits per heavy atom. The van der Waals surface area contributed by atoms with Crippen LogP contribution in [0.4, 0.5) is 0 Å². The number of carbonyl (C=O) groups is 2. The second kappa shape index (κ2) is 7.65. The normalized spacial score (nSPS) is 13.6. The fourth-order valence-corrected chi connectivity index (χ4v) is 1.83. The molecular formula is C15H21NO4. The van der Waals surface area contributed by atoms with Gasteiger partial charge < -0.3 is 15.2 Å². The van der Waals surface area contributed by atoms with E-state index in [1.54, 1.807) is 21.0 Å². The maximum atomic E-state index is 11.9. The van der Waals surface area contributed by atoms with E-state index in [0.29, 0.717) is 6.61 Å². The summed E-state index contributed by atoms with van der Waals surface area (Å²) in [5, 5.41) is 11.6. The lowest BCUT2D eigenvalue weighted by Gasteiger charge is -2.17. The number of carboxylic acids is 1. The Balaban J connectivity index is 2.58. The molecule has 0 fully saturated rings. The van der Waals surface area contributed by atoms with Gasteiger partial charge in [-0.1, -0.05) is 24.3 Å². The lowest BCUT2D eigenvalue weighted by molar-refractivity contribution is -0.142. The fraction of sp³-hybridized carbons (Fsp3) is 0.467. The summed E-state index contributed by atoms with van der Waals surface area (Å²) in [6.45, 7) is 3.77. The molecule has 1 amide bonds. The van der Waals surface area contributed by atoms with Gasteiger partial charge in [0.1, 0.15) is 0 Å². The van der Waals surface area contributed by atoms with Gasteiger partial charge in [0.25, 0.3) is 0 Å². The zero-order valence-corrected chi connectivity index (χ0v) is 12.1. The molecule has 0 radical (unpaired) electrons. The molecule has 0 aromatic heterocycles. The quantitative estimate of drug-likeness (QED) is 0.795. The minimum Gasteiger partial charge on any atom is -0.481 e. The van der Waals surface area contributed by atoms with Gasteiger partial charge in [-0.05, 0) is 25.0 Å². The van der Waals surface area contributed by atoms with E-state index in [9.17, 15) is 9.59 Å². The van der Waals surface area contributed by atoms with Crippen LogP contribution in [0.25, 0.3) is 0 Å². The summed E-state index contributed by atoms with van der Waals surface area (Å²) >= 11 is 0. The molecule has 2 atom stereocenters. The number of ether oxygens (including phenoxy) is 1. The summed E-state index contributed by atoms with van der Waals surface area (Å²) in [7, 11) is 1.62. The van der Waals surface area contributed by atoms with Gasteiger partial charge >= 0.3 is 5.97 Å². The average Bonchev–Trinajstić information content (AvgIpc) is 2.38. The van der Waals surface area contributed by atoms with Crippen molar-refractivity contribution < 1.29 is 19.4 Å². The molecule has 0 spiro atoms. The van der Waals surface area contributed by atoms with Gasteiger partial charge in [0.2, 0.25) is 5.91 Å². The molecule has 1 aromatic rings. The molecule has 110 valence electrons. The maximum absolute atomic E-state index is 11.9. The summed E-state index contributed by atoms with van der Waals surface area (Å²) < 4.78 is 5.04. The van der Waals surface area contributed by atoms with Crippen LogP contribution >= 0.6 is 0 Å². The molecule has 2 unspecified atom stereocenters. The van der Waals surface area contributed by atoms with Crippen molar-refractivity contribution in [3.05, 3.63) is 35.4 Å². The molecule has 2 N–H and O–H groups in total. The summed E-state index contributed by atoms with van der Waals surface area (Å²) in [6.07, 6.45) is 0.230. The minimum absolute atomic E-state index is 0.180. The smallest absolute Gasteiger partial charge is 0.308 e. The SMILES string of the molecule is COCc1cccc(CC(=O)NC(C)C(C)C(=O)O)c1. The molecule has 0 saturated carbocycles. The zero-order chi connectivity index (χ0) is 15.1. The van der Waals surface area contributed by atoms with Gasteiger partial charge in [-0.25, -0.2) is 0 Å². The predicted octanol–water partition coefficient (Wildman–Crippen LogP) is 1.60. The highest BCUT2D eigenvalue weighted by Crippen LogP contribution is 2.08. The first-order valence-corrected chi connectivity index (χ1v) is 6.53. The van der Waals surface area contributed by atoms with E-state index >= 15 is 0 Å². The molecule has 0 heterocycles. The van der Waals surface area contributed by atoms with Crippen molar-refractivity contribution >= 4 is 11.9 Å². The second-order valence-electron chi connectivity index (χ2n) is 4.91. The van der Waals surface area contributed by atoms with Gasteiger partial charge in [-0.2, -0.15) is 0 Å². The molecule has 1 rings (SSSR count). The Morgan fingerprint density at radius 3 is 2.55 bits per heavy atom. The number of nitrogens with one attached hydrogen (secondary N) is 1. The Bertz CT molecular complexity index is 473. The van der Waals surface area contributed by atoms with Gasteiger partial charge in [-0.15, -0.1) is 0 Å². The first-order valence-electron chi connectivity index (χ1n) is 6.53. The molecule has 5 heteroatoms. The number of carbonyl (C=O) groups excluding carboxylic acids is 1. The molecule has 0 bridgehead atoms. The van der Waals surface area contributed by atoms with Gasteiger partial charge in [0.15, 0.2) is 0 Å². The minimum atomic E-state index is -0.917. The first-order chi connectivity index (χ1) is 9.43. The van der Waals surface area contributed by atoms with Crippen LogP contribution < -0.4 is 5.32 Å². The van der Waals surface area contributed by atoms with Crippen molar-refractivity contribution in [2.75, 3.05) is 7.11 Å². The highest BCUT2D eigenvalue weighted by Gasteiger charge is 2.20. The van der Waals surface area contributed by atoms with Crippen molar-refractivity contribution in [3.63, 3.8) is 0 Å². The monoisotopic (exact) mass is 279 g/mol. The maximum Gasteiger partial charge on any atom is 0.308 e. The molecular weight excluding hydrogens is 258 g/mol. The Morgan fingerprint density at radius 2 is 1.95 bits per heavy atom. The van der Waals surface area contributed by atoms with E-state index in [1.165, 1.54) is 0 Å². The van der Waals surface area contributed by atoms with Crippen LogP contribution in [-0.4, -0.2) is 30.1 Å². The molecule has 20 heavy (non-hydrogen) atoms. The van der Waals surface area contributed by atoms with E-state index in [0.717, 1.165) is 11.1 Å². The van der Waals surface area contributed by atoms with Gasteiger partial charge in [-0.3, -0.25) is 9.59 Å². The van der Waals surface area contributed by atoms with Crippen LogP contribution in [0.2, 0.25) is 0 Å². The first kappa shape index (κ1) is 16.2. The van der Waals surface area contributed by atoms with Crippen molar-refractivity contribution in [3.8, 4) is 0 Å². The molecule has 0 aliphatic heterocycles. The Labute approximate surface area is 118 Å². The second-order valence-corrected chi connectivity index (χ2v) is 4.91. The molecule has 5 nitrogen and oxygen atoms in total. The largest absolute Gasteiger partial charge is 0.481 e. The summed E-state index contributed by atoms with van der Waals surface area (Å²) in [5.41, 5.74) is 1.89. The van der Waals surface area contributed by atoms with Crippen LogP contribution in [0.1, 0.15) is 25.0 Å². The topological polar surface area (TPSA) is 75.6 Å². The third-order valence-electron chi connectivity index (χ3n) is 3.20. The van der Waals surface area contributed by atoms with E-state index in [4.69, 9.17) is 9.84 Å². The van der Waals surface area contributed by atoms with Gasteiger partial charge in [0, 0.05) is 13.2 Å². The number of hydrogen-bond acceptors (Lipinski definition) is 3. The van der Waals surface area contributed by atoms with Crippen molar-refractivity contribution in [2.24, 2.45) is 5.92 Å². The number of amides is 1. The molecule has 1 aromatic carbocycles. The highest BCUT2D eigenvalue weighted by molar-refractivity contribution is 5.80. The van der Waals surface area contributed by atoms with Crippen LogP contribution in [-0.2, 0) is 27.4 Å². The van der Waals surface area contributed by atoms with Crippen molar-refractivity contribution in [1.82, 2.24) is 5.32 Å². The summed E-state index contributed by atoms with van der Waals surface area (Å²) in [5.74, 6) is -1.71. The van der Waals surface area contributed by atoms with Crippen molar-refractivity contribution in [1.29, 1.82) is 0 Å². The number of benzene rings is 1. The third-order valence-corrected chi connectivity index (χ3v) is 3.20. The Hall–Kier alpha value is -1.88. The fourth-order valence-electron chi connectivity index (χ4n) is 1.83. The lowest BCUT2D eigenvalue weighted by atomic mass is 10.0. The van der Waals surface area contributed by atoms with E-state index in [1.807, 2.05) is 24.3 Å². The highest BCUT2D eigenvalue weighted by atomic mass is 16.5. The summed E-state index contributed by atoms with van der Waals surface area (Å²) in [4.78, 5) is 22.7. The average molecular weight is 279 g/mol. The molecule has 0 aliphatic carbocycles.